The second-order valence-electron chi connectivity index (χ2n) is 4.52. The molecule has 0 aliphatic carbocycles. The van der Waals surface area contributed by atoms with Gasteiger partial charge in [0.15, 0.2) is 0 Å². The van der Waals surface area contributed by atoms with E-state index in [2.05, 4.69) is 67.0 Å². The predicted molar refractivity (Wildman–Crippen MR) is 84.2 cm³/mol. The van der Waals surface area contributed by atoms with Gasteiger partial charge in [-0.25, -0.2) is 0 Å². The van der Waals surface area contributed by atoms with Crippen molar-refractivity contribution in [3.05, 3.63) is 19.2 Å². The van der Waals surface area contributed by atoms with Gasteiger partial charge in [0.1, 0.15) is 0 Å². The van der Waals surface area contributed by atoms with E-state index in [-0.39, 0.29) is 11.3 Å². The summed E-state index contributed by atoms with van der Waals surface area (Å²) in [5, 5.41) is 3.92. The molecule has 0 saturated heterocycles. The van der Waals surface area contributed by atoms with Crippen molar-refractivity contribution in [3.63, 3.8) is 0 Å². The lowest BCUT2D eigenvalue weighted by atomic mass is 9.90. The highest BCUT2D eigenvalue weighted by molar-refractivity contribution is 9.13. The van der Waals surface area contributed by atoms with E-state index in [9.17, 15) is 4.79 Å². The van der Waals surface area contributed by atoms with Crippen molar-refractivity contribution >= 4 is 65.0 Å². The van der Waals surface area contributed by atoms with E-state index < -0.39 is 0 Å². The summed E-state index contributed by atoms with van der Waals surface area (Å²) in [4.78, 5) is 12.6. The molecule has 0 spiro atoms. The molecule has 1 N–H and O–H groups in total. The molecule has 1 rings (SSSR count). The first-order valence-electron chi connectivity index (χ1n) is 5.15. The Balaban J connectivity index is 2.56. The highest BCUT2D eigenvalue weighted by Gasteiger charge is 2.19. The van der Waals surface area contributed by atoms with Crippen molar-refractivity contribution < 1.29 is 4.79 Å². The Morgan fingerprint density at radius 2 is 2.12 bits per heavy atom. The monoisotopic (exact) mass is 445 g/mol. The minimum Gasteiger partial charge on any atom is -0.351 e. The summed E-state index contributed by atoms with van der Waals surface area (Å²) in [7, 11) is 0. The Hall–Kier alpha value is 0.610. The first-order chi connectivity index (χ1) is 7.85. The lowest BCUT2D eigenvalue weighted by Gasteiger charge is -2.23. The zero-order valence-electron chi connectivity index (χ0n) is 9.65. The molecule has 1 heterocycles. The van der Waals surface area contributed by atoms with Crippen molar-refractivity contribution in [2.45, 2.75) is 20.3 Å². The van der Waals surface area contributed by atoms with Crippen LogP contribution in [0.3, 0.4) is 0 Å². The van der Waals surface area contributed by atoms with Gasteiger partial charge in [0.05, 0.1) is 8.66 Å². The fourth-order valence-electron chi connectivity index (χ4n) is 1.21. The van der Waals surface area contributed by atoms with Crippen molar-refractivity contribution in [3.8, 4) is 0 Å². The van der Waals surface area contributed by atoms with Gasteiger partial charge in [-0.05, 0) is 49.8 Å². The summed E-state index contributed by atoms with van der Waals surface area (Å²) in [5.41, 5.74) is 0.116. The van der Waals surface area contributed by atoms with Crippen molar-refractivity contribution in [2.24, 2.45) is 5.41 Å². The number of carbonyl (C=O) groups excluding carboxylic acids is 1. The molecule has 2 nitrogen and oxygen atoms in total. The Morgan fingerprint density at radius 1 is 1.47 bits per heavy atom. The van der Waals surface area contributed by atoms with Gasteiger partial charge in [-0.3, -0.25) is 4.79 Å². The van der Waals surface area contributed by atoms with Gasteiger partial charge >= 0.3 is 0 Å². The summed E-state index contributed by atoms with van der Waals surface area (Å²) in [5.74, 6) is -0.0101. The number of nitrogens with one attached hydrogen (secondary N) is 1. The van der Waals surface area contributed by atoms with Crippen LogP contribution in [0.4, 0.5) is 0 Å². The van der Waals surface area contributed by atoms with Crippen LogP contribution in [-0.4, -0.2) is 17.8 Å². The number of amides is 1. The topological polar surface area (TPSA) is 29.1 Å². The quantitative estimate of drug-likeness (QED) is 0.644. The molecule has 17 heavy (non-hydrogen) atoms. The number of hydrogen-bond acceptors (Lipinski definition) is 2. The number of alkyl halides is 1. The third-order valence-electron chi connectivity index (χ3n) is 2.37. The molecular weight excluding hydrogens is 434 g/mol. The first kappa shape index (κ1) is 15.7. The Labute approximate surface area is 131 Å². The van der Waals surface area contributed by atoms with E-state index in [0.29, 0.717) is 6.54 Å². The number of thiophene rings is 1. The highest BCUT2D eigenvalue weighted by Crippen LogP contribution is 2.32. The predicted octanol–water partition coefficient (Wildman–Crippen LogP) is 4.81. The smallest absolute Gasteiger partial charge is 0.261 e. The molecule has 0 fully saturated rings. The standard InChI is InChI=1S/C11H14Br3NOS/c1-11(2,3-4-12)6-15-10(16)8-5-7(13)9(14)17-8/h5H,3-4,6H2,1-2H3,(H,15,16). The second-order valence-corrected chi connectivity index (χ2v) is 8.54. The van der Waals surface area contributed by atoms with E-state index >= 15 is 0 Å². The van der Waals surface area contributed by atoms with E-state index in [4.69, 9.17) is 0 Å². The van der Waals surface area contributed by atoms with Crippen LogP contribution in [0.25, 0.3) is 0 Å². The van der Waals surface area contributed by atoms with E-state index in [1.165, 1.54) is 11.3 Å². The van der Waals surface area contributed by atoms with Crippen LogP contribution >= 0.6 is 59.1 Å². The Bertz CT molecular complexity index is 384. The van der Waals surface area contributed by atoms with Crippen LogP contribution < -0.4 is 5.32 Å². The lowest BCUT2D eigenvalue weighted by Crippen LogP contribution is -2.33. The fourth-order valence-corrected chi connectivity index (χ4v) is 4.23. The van der Waals surface area contributed by atoms with Crippen LogP contribution in [-0.2, 0) is 0 Å². The molecule has 0 aromatic carbocycles. The largest absolute Gasteiger partial charge is 0.351 e. The fraction of sp³-hybridized carbons (Fsp3) is 0.545. The summed E-state index contributed by atoms with van der Waals surface area (Å²) in [6.45, 7) is 4.98. The summed E-state index contributed by atoms with van der Waals surface area (Å²) < 4.78 is 1.87. The molecule has 0 aliphatic heterocycles. The molecule has 0 aliphatic rings. The van der Waals surface area contributed by atoms with Gasteiger partial charge in [-0.15, -0.1) is 11.3 Å². The van der Waals surface area contributed by atoms with Crippen LogP contribution in [0.15, 0.2) is 14.3 Å². The van der Waals surface area contributed by atoms with Crippen molar-refractivity contribution in [1.82, 2.24) is 5.32 Å². The van der Waals surface area contributed by atoms with Crippen molar-refractivity contribution in [2.75, 3.05) is 11.9 Å². The zero-order valence-corrected chi connectivity index (χ0v) is 15.2. The highest BCUT2D eigenvalue weighted by atomic mass is 79.9. The number of hydrogen-bond donors (Lipinski definition) is 1. The van der Waals surface area contributed by atoms with E-state index in [1.807, 2.05) is 6.07 Å². The van der Waals surface area contributed by atoms with Crippen molar-refractivity contribution in [1.29, 1.82) is 0 Å². The summed E-state index contributed by atoms with van der Waals surface area (Å²) >= 11 is 11.6. The zero-order chi connectivity index (χ0) is 13.1. The number of halogens is 3. The van der Waals surface area contributed by atoms with Crippen LogP contribution in [0.1, 0.15) is 29.9 Å². The average molecular weight is 448 g/mol. The molecular formula is C11H14Br3NOS. The lowest BCUT2D eigenvalue weighted by molar-refractivity contribution is 0.0940. The van der Waals surface area contributed by atoms with Gasteiger partial charge in [-0.1, -0.05) is 29.8 Å². The molecule has 1 aromatic heterocycles. The molecule has 0 saturated carbocycles. The van der Waals surface area contributed by atoms with Gasteiger partial charge in [0.25, 0.3) is 5.91 Å². The molecule has 0 atom stereocenters. The maximum absolute atomic E-state index is 11.9. The summed E-state index contributed by atoms with van der Waals surface area (Å²) in [6, 6.07) is 1.83. The molecule has 1 aromatic rings. The minimum atomic E-state index is -0.0101. The third kappa shape index (κ3) is 5.01. The Morgan fingerprint density at radius 3 is 2.59 bits per heavy atom. The molecule has 0 unspecified atom stereocenters. The second kappa shape index (κ2) is 6.68. The van der Waals surface area contributed by atoms with Crippen LogP contribution in [0, 0.1) is 5.41 Å². The average Bonchev–Trinajstić information content (AvgIpc) is 2.56. The number of rotatable bonds is 5. The van der Waals surface area contributed by atoms with Crippen LogP contribution in [0.2, 0.25) is 0 Å². The van der Waals surface area contributed by atoms with Gasteiger partial charge in [-0.2, -0.15) is 0 Å². The summed E-state index contributed by atoms with van der Waals surface area (Å²) in [6.07, 6.45) is 1.03. The van der Waals surface area contributed by atoms with E-state index in [1.54, 1.807) is 0 Å². The van der Waals surface area contributed by atoms with Crippen LogP contribution in [0.5, 0.6) is 0 Å². The van der Waals surface area contributed by atoms with Gasteiger partial charge in [0.2, 0.25) is 0 Å². The number of carbonyl (C=O) groups is 1. The SMILES string of the molecule is CC(C)(CCBr)CNC(=O)c1cc(Br)c(Br)s1. The maximum Gasteiger partial charge on any atom is 0.261 e. The minimum absolute atomic E-state index is 0.0101. The maximum atomic E-state index is 11.9. The molecule has 1 amide bonds. The third-order valence-corrected chi connectivity index (χ3v) is 6.02. The molecule has 0 radical (unpaired) electrons. The van der Waals surface area contributed by atoms with Gasteiger partial charge < -0.3 is 5.32 Å². The molecule has 96 valence electrons. The molecule has 0 bridgehead atoms. The Kier molecular flexibility index (Phi) is 6.16. The first-order valence-corrected chi connectivity index (χ1v) is 8.67. The normalized spacial score (nSPS) is 11.6. The molecule has 6 heteroatoms. The van der Waals surface area contributed by atoms with E-state index in [0.717, 1.165) is 24.9 Å². The van der Waals surface area contributed by atoms with Gasteiger partial charge in [0, 0.05) is 16.3 Å².